The fourth-order valence-corrected chi connectivity index (χ4v) is 1.75. The molecule has 15 heavy (non-hydrogen) atoms. The van der Waals surface area contributed by atoms with Gasteiger partial charge < -0.3 is 10.5 Å². The molecule has 0 saturated heterocycles. The average Bonchev–Trinajstić information content (AvgIpc) is 2.21. The summed E-state index contributed by atoms with van der Waals surface area (Å²) in [5.74, 6) is 1.47. The summed E-state index contributed by atoms with van der Waals surface area (Å²) in [4.78, 5) is 0. The van der Waals surface area contributed by atoms with Gasteiger partial charge in [-0.15, -0.1) is 0 Å². The van der Waals surface area contributed by atoms with E-state index in [0.717, 1.165) is 18.7 Å². The molecule has 0 bridgehead atoms. The second-order valence-electron chi connectivity index (χ2n) is 3.95. The van der Waals surface area contributed by atoms with Crippen molar-refractivity contribution in [1.82, 2.24) is 0 Å². The Kier molecular flexibility index (Phi) is 4.63. The van der Waals surface area contributed by atoms with Crippen LogP contribution in [0.3, 0.4) is 0 Å². The summed E-state index contributed by atoms with van der Waals surface area (Å²) in [6, 6.07) is 6.34. The SMILES string of the molecule is CCOc1ccc(C)cc1C(C)CCN. The topological polar surface area (TPSA) is 35.2 Å². The van der Waals surface area contributed by atoms with Gasteiger partial charge in [-0.25, -0.2) is 0 Å². The van der Waals surface area contributed by atoms with E-state index in [2.05, 4.69) is 32.0 Å². The molecule has 0 aliphatic carbocycles. The molecule has 0 saturated carbocycles. The molecule has 1 aromatic carbocycles. The second kappa shape index (κ2) is 5.76. The summed E-state index contributed by atoms with van der Waals surface area (Å²) >= 11 is 0. The number of ether oxygens (including phenoxy) is 1. The third-order valence-corrected chi connectivity index (χ3v) is 2.60. The van der Waals surface area contributed by atoms with Gasteiger partial charge in [-0.2, -0.15) is 0 Å². The Morgan fingerprint density at radius 3 is 2.73 bits per heavy atom. The van der Waals surface area contributed by atoms with Crippen LogP contribution in [0.25, 0.3) is 0 Å². The van der Waals surface area contributed by atoms with Crippen molar-refractivity contribution in [3.8, 4) is 5.75 Å². The number of rotatable bonds is 5. The number of nitrogens with two attached hydrogens (primary N) is 1. The number of hydrogen-bond acceptors (Lipinski definition) is 2. The molecule has 1 rings (SSSR count). The number of aryl methyl sites for hydroxylation is 1. The van der Waals surface area contributed by atoms with Gasteiger partial charge in [-0.05, 0) is 44.4 Å². The van der Waals surface area contributed by atoms with Gasteiger partial charge in [0.15, 0.2) is 0 Å². The maximum absolute atomic E-state index is 5.62. The summed E-state index contributed by atoms with van der Waals surface area (Å²) in [6.45, 7) is 7.75. The van der Waals surface area contributed by atoms with E-state index in [9.17, 15) is 0 Å². The monoisotopic (exact) mass is 207 g/mol. The van der Waals surface area contributed by atoms with Crippen molar-refractivity contribution in [2.75, 3.05) is 13.2 Å². The zero-order chi connectivity index (χ0) is 11.3. The van der Waals surface area contributed by atoms with Gasteiger partial charge in [0.25, 0.3) is 0 Å². The fraction of sp³-hybridized carbons (Fsp3) is 0.538. The van der Waals surface area contributed by atoms with Gasteiger partial charge in [0.05, 0.1) is 6.61 Å². The molecule has 0 aliphatic rings. The minimum atomic E-state index is 0.469. The fourth-order valence-electron chi connectivity index (χ4n) is 1.75. The predicted octanol–water partition coefficient (Wildman–Crippen LogP) is 2.85. The van der Waals surface area contributed by atoms with Crippen molar-refractivity contribution in [3.05, 3.63) is 29.3 Å². The third kappa shape index (κ3) is 3.24. The molecule has 2 nitrogen and oxygen atoms in total. The Labute approximate surface area is 92.4 Å². The lowest BCUT2D eigenvalue weighted by Gasteiger charge is -2.16. The Balaban J connectivity index is 2.95. The Morgan fingerprint density at radius 1 is 1.40 bits per heavy atom. The van der Waals surface area contributed by atoms with E-state index in [0.29, 0.717) is 12.5 Å². The molecule has 0 spiro atoms. The lowest BCUT2D eigenvalue weighted by atomic mass is 9.95. The molecule has 1 unspecified atom stereocenters. The minimum absolute atomic E-state index is 0.469. The first-order valence-electron chi connectivity index (χ1n) is 5.62. The normalized spacial score (nSPS) is 12.5. The maximum Gasteiger partial charge on any atom is 0.122 e. The van der Waals surface area contributed by atoms with Crippen LogP contribution in [0.5, 0.6) is 5.75 Å². The maximum atomic E-state index is 5.62. The van der Waals surface area contributed by atoms with Crippen molar-refractivity contribution in [2.24, 2.45) is 5.73 Å². The molecule has 1 aromatic rings. The second-order valence-corrected chi connectivity index (χ2v) is 3.95. The van der Waals surface area contributed by atoms with Crippen molar-refractivity contribution in [3.63, 3.8) is 0 Å². The van der Waals surface area contributed by atoms with Crippen LogP contribution < -0.4 is 10.5 Å². The van der Waals surface area contributed by atoms with Gasteiger partial charge in [0.1, 0.15) is 5.75 Å². The average molecular weight is 207 g/mol. The lowest BCUT2D eigenvalue weighted by Crippen LogP contribution is -2.06. The summed E-state index contributed by atoms with van der Waals surface area (Å²) in [7, 11) is 0. The van der Waals surface area contributed by atoms with E-state index in [-0.39, 0.29) is 0 Å². The summed E-state index contributed by atoms with van der Waals surface area (Å²) in [5, 5.41) is 0. The van der Waals surface area contributed by atoms with Crippen LogP contribution in [0.15, 0.2) is 18.2 Å². The van der Waals surface area contributed by atoms with Gasteiger partial charge in [-0.1, -0.05) is 24.6 Å². The molecule has 0 radical (unpaired) electrons. The van der Waals surface area contributed by atoms with E-state index in [1.165, 1.54) is 11.1 Å². The Hall–Kier alpha value is -1.02. The first-order chi connectivity index (χ1) is 7.19. The van der Waals surface area contributed by atoms with E-state index < -0.39 is 0 Å². The van der Waals surface area contributed by atoms with Gasteiger partial charge in [0, 0.05) is 0 Å². The summed E-state index contributed by atoms with van der Waals surface area (Å²) in [5.41, 5.74) is 8.14. The molecule has 1 atom stereocenters. The zero-order valence-electron chi connectivity index (χ0n) is 9.92. The largest absolute Gasteiger partial charge is 0.494 e. The summed E-state index contributed by atoms with van der Waals surface area (Å²) in [6.07, 6.45) is 1.00. The molecule has 0 aliphatic heterocycles. The molecule has 2 heteroatoms. The Morgan fingerprint density at radius 2 is 2.13 bits per heavy atom. The molecular formula is C13H21NO. The molecular weight excluding hydrogens is 186 g/mol. The lowest BCUT2D eigenvalue weighted by molar-refractivity contribution is 0.334. The minimum Gasteiger partial charge on any atom is -0.494 e. The highest BCUT2D eigenvalue weighted by Crippen LogP contribution is 2.29. The van der Waals surface area contributed by atoms with E-state index in [1.807, 2.05) is 6.92 Å². The third-order valence-electron chi connectivity index (χ3n) is 2.60. The van der Waals surface area contributed by atoms with E-state index in [4.69, 9.17) is 10.5 Å². The van der Waals surface area contributed by atoms with Crippen molar-refractivity contribution >= 4 is 0 Å². The number of benzene rings is 1. The zero-order valence-corrected chi connectivity index (χ0v) is 9.92. The van der Waals surface area contributed by atoms with E-state index >= 15 is 0 Å². The predicted molar refractivity (Wildman–Crippen MR) is 64.4 cm³/mol. The summed E-state index contributed by atoms with van der Waals surface area (Å²) < 4.78 is 5.62. The van der Waals surface area contributed by atoms with Crippen LogP contribution in [-0.4, -0.2) is 13.2 Å². The molecule has 0 heterocycles. The molecule has 2 N–H and O–H groups in total. The van der Waals surface area contributed by atoms with Crippen LogP contribution in [0, 0.1) is 6.92 Å². The van der Waals surface area contributed by atoms with E-state index in [1.54, 1.807) is 0 Å². The smallest absolute Gasteiger partial charge is 0.122 e. The van der Waals surface area contributed by atoms with Gasteiger partial charge >= 0.3 is 0 Å². The van der Waals surface area contributed by atoms with Crippen LogP contribution in [0.4, 0.5) is 0 Å². The number of hydrogen-bond donors (Lipinski definition) is 1. The van der Waals surface area contributed by atoms with Crippen molar-refractivity contribution < 1.29 is 4.74 Å². The highest BCUT2D eigenvalue weighted by atomic mass is 16.5. The highest BCUT2D eigenvalue weighted by Gasteiger charge is 2.10. The van der Waals surface area contributed by atoms with Crippen LogP contribution >= 0.6 is 0 Å². The van der Waals surface area contributed by atoms with Crippen LogP contribution in [-0.2, 0) is 0 Å². The quantitative estimate of drug-likeness (QED) is 0.805. The standard InChI is InChI=1S/C13H21NO/c1-4-15-13-6-5-10(2)9-12(13)11(3)7-8-14/h5-6,9,11H,4,7-8,14H2,1-3H3. The Bertz CT molecular complexity index is 309. The molecule has 84 valence electrons. The van der Waals surface area contributed by atoms with Crippen molar-refractivity contribution in [1.29, 1.82) is 0 Å². The van der Waals surface area contributed by atoms with Crippen molar-refractivity contribution in [2.45, 2.75) is 33.1 Å². The van der Waals surface area contributed by atoms with Gasteiger partial charge in [0.2, 0.25) is 0 Å². The first-order valence-corrected chi connectivity index (χ1v) is 5.62. The van der Waals surface area contributed by atoms with Crippen LogP contribution in [0.2, 0.25) is 0 Å². The highest BCUT2D eigenvalue weighted by molar-refractivity contribution is 5.39. The molecule has 0 amide bonds. The van der Waals surface area contributed by atoms with Crippen LogP contribution in [0.1, 0.15) is 37.3 Å². The molecule has 0 aromatic heterocycles. The first kappa shape index (κ1) is 12.1. The molecule has 0 fully saturated rings. The van der Waals surface area contributed by atoms with Gasteiger partial charge in [-0.3, -0.25) is 0 Å².